The van der Waals surface area contributed by atoms with Gasteiger partial charge in [0.25, 0.3) is 0 Å². The average molecular weight is 358 g/mol. The molecule has 0 spiro atoms. The standard InChI is InChI=1S/C19H19FN2O4/c20-17-14(11-21)7-4-8-15(17)18(24)16(23)9-10-22-19(25)26-12-13-5-2-1-3-6-13/h1-8,16,18,23-24H,9-10,12H2,(H,22,25). The molecule has 0 aliphatic carbocycles. The van der Waals surface area contributed by atoms with Gasteiger partial charge in [-0.05, 0) is 18.1 Å². The van der Waals surface area contributed by atoms with Crippen molar-refractivity contribution >= 4 is 6.09 Å². The van der Waals surface area contributed by atoms with Gasteiger partial charge in [0.1, 0.15) is 24.6 Å². The number of aliphatic hydroxyl groups is 2. The van der Waals surface area contributed by atoms with Crippen LogP contribution in [0.1, 0.15) is 29.2 Å². The van der Waals surface area contributed by atoms with Gasteiger partial charge in [-0.3, -0.25) is 0 Å². The Labute approximate surface area is 150 Å². The molecule has 3 N–H and O–H groups in total. The van der Waals surface area contributed by atoms with Gasteiger partial charge in [-0.15, -0.1) is 0 Å². The minimum absolute atomic E-state index is 0.0160. The Balaban J connectivity index is 1.78. The highest BCUT2D eigenvalue weighted by atomic mass is 19.1. The zero-order valence-electron chi connectivity index (χ0n) is 13.9. The first-order valence-electron chi connectivity index (χ1n) is 8.02. The molecule has 2 atom stereocenters. The summed E-state index contributed by atoms with van der Waals surface area (Å²) in [7, 11) is 0. The SMILES string of the molecule is N#Cc1cccc(C(O)C(O)CCNC(=O)OCc2ccccc2)c1F. The van der Waals surface area contributed by atoms with Crippen LogP contribution in [0, 0.1) is 17.1 Å². The van der Waals surface area contributed by atoms with Crippen molar-refractivity contribution in [3.63, 3.8) is 0 Å². The maximum Gasteiger partial charge on any atom is 0.407 e. The number of carbonyl (C=O) groups excluding carboxylic acids is 1. The third-order valence-corrected chi connectivity index (χ3v) is 3.75. The van der Waals surface area contributed by atoms with Crippen molar-refractivity contribution in [2.45, 2.75) is 25.2 Å². The largest absolute Gasteiger partial charge is 0.445 e. The second-order valence-electron chi connectivity index (χ2n) is 5.61. The summed E-state index contributed by atoms with van der Waals surface area (Å²) < 4.78 is 19.0. The lowest BCUT2D eigenvalue weighted by Crippen LogP contribution is -2.30. The molecule has 0 heterocycles. The molecule has 0 saturated heterocycles. The van der Waals surface area contributed by atoms with E-state index in [2.05, 4.69) is 5.32 Å². The fourth-order valence-electron chi connectivity index (χ4n) is 2.33. The highest BCUT2D eigenvalue weighted by Crippen LogP contribution is 2.23. The fourth-order valence-corrected chi connectivity index (χ4v) is 2.33. The van der Waals surface area contributed by atoms with E-state index in [1.807, 2.05) is 30.3 Å². The van der Waals surface area contributed by atoms with E-state index in [0.29, 0.717) is 0 Å². The summed E-state index contributed by atoms with van der Waals surface area (Å²) in [6.45, 7) is 0.148. The molecule has 2 unspecified atom stereocenters. The van der Waals surface area contributed by atoms with Gasteiger partial charge >= 0.3 is 6.09 Å². The van der Waals surface area contributed by atoms with Crippen LogP contribution in [0.25, 0.3) is 0 Å². The first-order chi connectivity index (χ1) is 12.5. The predicted molar refractivity (Wildman–Crippen MR) is 91.3 cm³/mol. The molecule has 7 heteroatoms. The van der Waals surface area contributed by atoms with Crippen molar-refractivity contribution in [1.82, 2.24) is 5.32 Å². The second kappa shape index (κ2) is 9.51. The van der Waals surface area contributed by atoms with Gasteiger partial charge in [0.05, 0.1) is 11.7 Å². The van der Waals surface area contributed by atoms with Crippen molar-refractivity contribution in [2.75, 3.05) is 6.54 Å². The lowest BCUT2D eigenvalue weighted by molar-refractivity contribution is 0.0116. The van der Waals surface area contributed by atoms with Gasteiger partial charge in [-0.1, -0.05) is 42.5 Å². The van der Waals surface area contributed by atoms with Crippen molar-refractivity contribution in [3.8, 4) is 6.07 Å². The fraction of sp³-hybridized carbons (Fsp3) is 0.263. The van der Waals surface area contributed by atoms with Crippen molar-refractivity contribution in [3.05, 3.63) is 71.0 Å². The number of aliphatic hydroxyl groups excluding tert-OH is 2. The number of amides is 1. The number of hydrogen-bond acceptors (Lipinski definition) is 5. The third-order valence-electron chi connectivity index (χ3n) is 3.75. The summed E-state index contributed by atoms with van der Waals surface area (Å²) in [6, 6.07) is 14.8. The molecule has 0 aliphatic rings. The van der Waals surface area contributed by atoms with Gasteiger partial charge in [0.15, 0.2) is 0 Å². The van der Waals surface area contributed by atoms with Crippen LogP contribution in [0.4, 0.5) is 9.18 Å². The summed E-state index contributed by atoms with van der Waals surface area (Å²) >= 11 is 0. The quantitative estimate of drug-likeness (QED) is 0.705. The Morgan fingerprint density at radius 2 is 1.92 bits per heavy atom. The molecule has 0 bridgehead atoms. The average Bonchev–Trinajstić information content (AvgIpc) is 2.66. The number of ether oxygens (including phenoxy) is 1. The summed E-state index contributed by atoms with van der Waals surface area (Å²) in [5, 5.41) is 31.3. The zero-order chi connectivity index (χ0) is 18.9. The van der Waals surface area contributed by atoms with E-state index in [1.165, 1.54) is 18.2 Å². The number of nitriles is 1. The second-order valence-corrected chi connectivity index (χ2v) is 5.61. The van der Waals surface area contributed by atoms with Crippen LogP contribution in [0.2, 0.25) is 0 Å². The molecule has 2 aromatic rings. The number of benzene rings is 2. The highest BCUT2D eigenvalue weighted by Gasteiger charge is 2.23. The lowest BCUT2D eigenvalue weighted by Gasteiger charge is -2.19. The predicted octanol–water partition coefficient (Wildman–Crippen LogP) is 2.41. The first kappa shape index (κ1) is 19.4. The topological polar surface area (TPSA) is 103 Å². The third kappa shape index (κ3) is 5.28. The van der Waals surface area contributed by atoms with Crippen LogP contribution in [0.3, 0.4) is 0 Å². The van der Waals surface area contributed by atoms with E-state index in [9.17, 15) is 19.4 Å². The minimum atomic E-state index is -1.51. The van der Waals surface area contributed by atoms with Crippen molar-refractivity contribution in [2.24, 2.45) is 0 Å². The lowest BCUT2D eigenvalue weighted by atomic mass is 9.99. The van der Waals surface area contributed by atoms with Gasteiger partial charge < -0.3 is 20.3 Å². The van der Waals surface area contributed by atoms with Crippen LogP contribution in [0.5, 0.6) is 0 Å². The van der Waals surface area contributed by atoms with Crippen molar-refractivity contribution in [1.29, 1.82) is 5.26 Å². The molecule has 26 heavy (non-hydrogen) atoms. The van der Waals surface area contributed by atoms with Crippen LogP contribution >= 0.6 is 0 Å². The van der Waals surface area contributed by atoms with E-state index >= 15 is 0 Å². The number of nitrogens with zero attached hydrogens (tertiary/aromatic N) is 1. The highest BCUT2D eigenvalue weighted by molar-refractivity contribution is 5.67. The van der Waals surface area contributed by atoms with Crippen LogP contribution < -0.4 is 5.32 Å². The van der Waals surface area contributed by atoms with Crippen LogP contribution in [-0.4, -0.2) is 29.0 Å². The van der Waals surface area contributed by atoms with Gasteiger partial charge in [0, 0.05) is 12.1 Å². The number of carbonyl (C=O) groups is 1. The van der Waals surface area contributed by atoms with Gasteiger partial charge in [-0.25, -0.2) is 9.18 Å². The summed E-state index contributed by atoms with van der Waals surface area (Å²) in [5.41, 5.74) is 0.463. The number of alkyl carbamates (subject to hydrolysis) is 1. The molecule has 136 valence electrons. The summed E-state index contributed by atoms with van der Waals surface area (Å²) in [4.78, 5) is 11.6. The summed E-state index contributed by atoms with van der Waals surface area (Å²) in [5.74, 6) is -0.864. The molecule has 0 saturated carbocycles. The van der Waals surface area contributed by atoms with Gasteiger partial charge in [-0.2, -0.15) is 5.26 Å². The van der Waals surface area contributed by atoms with Crippen LogP contribution in [0.15, 0.2) is 48.5 Å². The van der Waals surface area contributed by atoms with Crippen LogP contribution in [-0.2, 0) is 11.3 Å². The molecule has 0 aromatic heterocycles. The van der Waals surface area contributed by atoms with E-state index < -0.39 is 24.1 Å². The molecule has 0 radical (unpaired) electrons. The van der Waals surface area contributed by atoms with E-state index in [-0.39, 0.29) is 30.7 Å². The molecule has 6 nitrogen and oxygen atoms in total. The van der Waals surface area contributed by atoms with E-state index in [1.54, 1.807) is 6.07 Å². The molecule has 1 amide bonds. The Kier molecular flexibility index (Phi) is 7.09. The monoisotopic (exact) mass is 358 g/mol. The zero-order valence-corrected chi connectivity index (χ0v) is 13.9. The Morgan fingerprint density at radius 1 is 1.19 bits per heavy atom. The molecule has 2 aromatic carbocycles. The minimum Gasteiger partial charge on any atom is -0.445 e. The Hall–Kier alpha value is -2.95. The number of nitrogens with one attached hydrogen (secondary N) is 1. The number of halogens is 1. The van der Waals surface area contributed by atoms with Gasteiger partial charge in [0.2, 0.25) is 0 Å². The maximum absolute atomic E-state index is 14.0. The Morgan fingerprint density at radius 3 is 2.62 bits per heavy atom. The maximum atomic E-state index is 14.0. The number of rotatable bonds is 7. The smallest absolute Gasteiger partial charge is 0.407 e. The number of hydrogen-bond donors (Lipinski definition) is 3. The molecular formula is C19H19FN2O4. The normalized spacial score (nSPS) is 12.7. The molecular weight excluding hydrogens is 339 g/mol. The van der Waals surface area contributed by atoms with E-state index in [4.69, 9.17) is 10.00 Å². The first-order valence-corrected chi connectivity index (χ1v) is 8.02. The van der Waals surface area contributed by atoms with Crippen molar-refractivity contribution < 1.29 is 24.1 Å². The molecule has 0 fully saturated rings. The Bertz CT molecular complexity index is 777. The summed E-state index contributed by atoms with van der Waals surface area (Å²) in [6.07, 6.45) is -3.50. The molecule has 0 aliphatic heterocycles. The van der Waals surface area contributed by atoms with E-state index in [0.717, 1.165) is 5.56 Å². The molecule has 2 rings (SSSR count).